The summed E-state index contributed by atoms with van der Waals surface area (Å²) in [6, 6.07) is 9.66. The van der Waals surface area contributed by atoms with Gasteiger partial charge < -0.3 is 14.2 Å². The molecule has 1 heterocycles. The van der Waals surface area contributed by atoms with Gasteiger partial charge in [-0.15, -0.1) is 0 Å². The third-order valence-corrected chi connectivity index (χ3v) is 5.26. The van der Waals surface area contributed by atoms with E-state index in [1.165, 1.54) is 0 Å². The fourth-order valence-electron chi connectivity index (χ4n) is 2.34. The maximum absolute atomic E-state index is 12.1. The van der Waals surface area contributed by atoms with Gasteiger partial charge in [0, 0.05) is 19.0 Å². The fraction of sp³-hybridized carbons (Fsp3) is 0.556. The molecule has 1 aliphatic heterocycles. The molecule has 1 aromatic carbocycles. The zero-order valence-corrected chi connectivity index (χ0v) is 15.4. The van der Waals surface area contributed by atoms with Crippen LogP contribution in [0, 0.1) is 5.92 Å². The first-order chi connectivity index (χ1) is 11.4. The molecular formula is C18H26N2O3S. The van der Waals surface area contributed by atoms with Gasteiger partial charge in [-0.05, 0) is 39.2 Å². The van der Waals surface area contributed by atoms with Gasteiger partial charge in [0.05, 0.1) is 6.21 Å². The lowest BCUT2D eigenvalue weighted by Crippen LogP contribution is -2.39. The minimum Gasteiger partial charge on any atom is -0.591 e. The van der Waals surface area contributed by atoms with Crippen LogP contribution in [0.5, 0.6) is 0 Å². The van der Waals surface area contributed by atoms with Gasteiger partial charge in [-0.25, -0.2) is 4.79 Å². The first-order valence-electron chi connectivity index (χ1n) is 8.28. The van der Waals surface area contributed by atoms with Gasteiger partial charge in [0.25, 0.3) is 0 Å². The molecule has 0 aromatic heterocycles. The Morgan fingerprint density at radius 3 is 2.54 bits per heavy atom. The Hall–Kier alpha value is -1.53. The molecule has 1 fully saturated rings. The third-order valence-electron chi connectivity index (χ3n) is 3.89. The number of amides is 1. The van der Waals surface area contributed by atoms with Crippen molar-refractivity contribution in [2.24, 2.45) is 10.3 Å². The van der Waals surface area contributed by atoms with Crippen LogP contribution in [-0.2, 0) is 22.7 Å². The highest BCUT2D eigenvalue weighted by molar-refractivity contribution is 7.91. The van der Waals surface area contributed by atoms with E-state index >= 15 is 0 Å². The van der Waals surface area contributed by atoms with E-state index in [0.29, 0.717) is 19.7 Å². The summed E-state index contributed by atoms with van der Waals surface area (Å²) in [5.74, 6) is 0.273. The van der Waals surface area contributed by atoms with E-state index < -0.39 is 11.4 Å². The summed E-state index contributed by atoms with van der Waals surface area (Å²) in [6.45, 7) is 7.31. The van der Waals surface area contributed by atoms with Crippen molar-refractivity contribution >= 4 is 23.7 Å². The normalized spacial score (nSPS) is 17.9. The molecule has 0 unspecified atom stereocenters. The monoisotopic (exact) mass is 350 g/mol. The van der Waals surface area contributed by atoms with Crippen molar-refractivity contribution in [1.29, 1.82) is 0 Å². The van der Waals surface area contributed by atoms with Crippen LogP contribution in [0.25, 0.3) is 0 Å². The molecule has 0 bridgehead atoms. The second-order valence-corrected chi connectivity index (χ2v) is 8.91. The van der Waals surface area contributed by atoms with Crippen LogP contribution < -0.4 is 0 Å². The highest BCUT2D eigenvalue weighted by Gasteiger charge is 2.27. The predicted molar refractivity (Wildman–Crippen MR) is 97.3 cm³/mol. The van der Waals surface area contributed by atoms with Crippen molar-refractivity contribution < 1.29 is 14.1 Å². The first-order valence-corrected chi connectivity index (χ1v) is 9.39. The molecule has 132 valence electrons. The third kappa shape index (κ3) is 5.83. The van der Waals surface area contributed by atoms with E-state index in [9.17, 15) is 9.35 Å². The molecule has 0 N–H and O–H groups in total. The van der Waals surface area contributed by atoms with Gasteiger partial charge in [0.2, 0.25) is 0 Å². The summed E-state index contributed by atoms with van der Waals surface area (Å²) in [7, 11) is 0. The number of rotatable bonds is 4. The SMILES string of the molecule is CC(C)(C)[S@+]([O-])/N=C/C1CCN(C(=O)OCc2ccccc2)CC1. The number of carbonyl (C=O) groups is 1. The van der Waals surface area contributed by atoms with Crippen molar-refractivity contribution in [2.75, 3.05) is 13.1 Å². The smallest absolute Gasteiger partial charge is 0.410 e. The molecule has 0 saturated carbocycles. The average Bonchev–Trinajstić information content (AvgIpc) is 2.58. The largest absolute Gasteiger partial charge is 0.591 e. The van der Waals surface area contributed by atoms with Gasteiger partial charge in [-0.2, -0.15) is 0 Å². The maximum atomic E-state index is 12.1. The average molecular weight is 350 g/mol. The first kappa shape index (κ1) is 18.8. The standard InChI is InChI=1S/C18H26N2O3S/c1-18(2,3)24(22)19-13-15-9-11-20(12-10-15)17(21)23-14-16-7-5-4-6-8-16/h4-8,13,15H,9-12,14H2,1-3H3/b19-13+/t24-/m0/s1. The van der Waals surface area contributed by atoms with Crippen LogP contribution >= 0.6 is 0 Å². The Balaban J connectivity index is 1.74. The molecule has 0 radical (unpaired) electrons. The summed E-state index contributed by atoms with van der Waals surface area (Å²) in [5.41, 5.74) is 0.984. The van der Waals surface area contributed by atoms with E-state index in [2.05, 4.69) is 4.40 Å². The van der Waals surface area contributed by atoms with Crippen LogP contribution in [0.3, 0.4) is 0 Å². The van der Waals surface area contributed by atoms with E-state index in [0.717, 1.165) is 18.4 Å². The molecule has 1 amide bonds. The highest BCUT2D eigenvalue weighted by Crippen LogP contribution is 2.20. The topological polar surface area (TPSA) is 65.0 Å². The number of hydrogen-bond acceptors (Lipinski definition) is 4. The lowest BCUT2D eigenvalue weighted by atomic mass is 9.99. The van der Waals surface area contributed by atoms with Gasteiger partial charge in [0.15, 0.2) is 0 Å². The van der Waals surface area contributed by atoms with E-state index in [1.807, 2.05) is 51.1 Å². The van der Waals surface area contributed by atoms with Crippen LogP contribution in [0.2, 0.25) is 0 Å². The molecule has 24 heavy (non-hydrogen) atoms. The molecule has 0 aliphatic carbocycles. The van der Waals surface area contributed by atoms with Crippen molar-refractivity contribution in [2.45, 2.75) is 45.0 Å². The molecule has 6 heteroatoms. The van der Waals surface area contributed by atoms with E-state index in [1.54, 1.807) is 11.1 Å². The zero-order chi connectivity index (χ0) is 17.6. The molecular weight excluding hydrogens is 324 g/mol. The second-order valence-electron chi connectivity index (χ2n) is 6.98. The van der Waals surface area contributed by atoms with Crippen LogP contribution in [-0.4, -0.2) is 39.6 Å². The molecule has 1 aliphatic rings. The Morgan fingerprint density at radius 1 is 1.33 bits per heavy atom. The zero-order valence-electron chi connectivity index (χ0n) is 14.6. The maximum Gasteiger partial charge on any atom is 0.410 e. The Bertz CT molecular complexity index is 549. The number of likely N-dealkylation sites (tertiary alicyclic amines) is 1. The number of carbonyl (C=O) groups excluding carboxylic acids is 1. The summed E-state index contributed by atoms with van der Waals surface area (Å²) in [6.07, 6.45) is 3.18. The molecule has 0 spiro atoms. The van der Waals surface area contributed by atoms with Gasteiger partial charge >= 0.3 is 6.09 Å². The minimum absolute atomic E-state index is 0.271. The Labute approximate surface area is 147 Å². The molecule has 5 nitrogen and oxygen atoms in total. The fourth-order valence-corrected chi connectivity index (χ4v) is 2.94. The number of nitrogens with zero attached hydrogens (tertiary/aromatic N) is 2. The van der Waals surface area contributed by atoms with Crippen molar-refractivity contribution in [3.8, 4) is 0 Å². The molecule has 2 rings (SSSR count). The van der Waals surface area contributed by atoms with Gasteiger partial charge in [-0.1, -0.05) is 34.7 Å². The number of benzene rings is 1. The van der Waals surface area contributed by atoms with Crippen molar-refractivity contribution in [1.82, 2.24) is 4.90 Å². The number of ether oxygens (including phenoxy) is 1. The van der Waals surface area contributed by atoms with E-state index in [4.69, 9.17) is 4.74 Å². The van der Waals surface area contributed by atoms with Gasteiger partial charge in [-0.3, -0.25) is 0 Å². The lowest BCUT2D eigenvalue weighted by molar-refractivity contribution is 0.0867. The second kappa shape index (κ2) is 8.53. The van der Waals surface area contributed by atoms with Crippen molar-refractivity contribution in [3.63, 3.8) is 0 Å². The number of hydrogen-bond donors (Lipinski definition) is 0. The van der Waals surface area contributed by atoms with Crippen LogP contribution in [0.1, 0.15) is 39.2 Å². The minimum atomic E-state index is -1.22. The molecule has 1 atom stereocenters. The van der Waals surface area contributed by atoms with Gasteiger partial charge in [0.1, 0.15) is 22.7 Å². The lowest BCUT2D eigenvalue weighted by Gasteiger charge is -2.29. The van der Waals surface area contributed by atoms with Crippen LogP contribution in [0.4, 0.5) is 4.79 Å². The highest BCUT2D eigenvalue weighted by atomic mass is 32.2. The Morgan fingerprint density at radius 2 is 1.96 bits per heavy atom. The summed E-state index contributed by atoms with van der Waals surface area (Å²) in [5, 5.41) is 0. The van der Waals surface area contributed by atoms with Crippen molar-refractivity contribution in [3.05, 3.63) is 35.9 Å². The molecule has 1 aromatic rings. The predicted octanol–water partition coefficient (Wildman–Crippen LogP) is 3.57. The summed E-state index contributed by atoms with van der Waals surface area (Å²) in [4.78, 5) is 13.8. The number of piperidine rings is 1. The molecule has 1 saturated heterocycles. The Kier molecular flexibility index (Phi) is 6.69. The van der Waals surface area contributed by atoms with E-state index in [-0.39, 0.29) is 16.8 Å². The quantitative estimate of drug-likeness (QED) is 0.616. The summed E-state index contributed by atoms with van der Waals surface area (Å²) < 4.78 is 21.1. The summed E-state index contributed by atoms with van der Waals surface area (Å²) >= 11 is -1.22. The van der Waals surface area contributed by atoms with Crippen LogP contribution in [0.15, 0.2) is 34.7 Å².